The van der Waals surface area contributed by atoms with E-state index >= 15 is 0 Å². The Balaban J connectivity index is 0.000000921. The standard InChI is InChI=1S/C7H5Cl2NO3.C6H5NO5S2.C6H6O2S.C5H6N2O2S.C5H5NO2S.C4H5N3O2S.C4H5NO2S.C3H4N4O2/c8-4-1-10(3-6(11)12)2-5(9)7(4)13;7-2(8)1(3(9)10)5-13-6(14-5)4(11)12;7-6(8)4-5-2-1-3-9-5;6-5-7-3(2-10-5)1-4(8)9;7-5(8)1-4-2-6-3-9-4;5-4-6-2(7-10-4)1-3(8)9;5-1-2-8-3-4(6)7;8-3(9)1-7-2-4-5-6-7/h1-2H,3H2,(H,11,12);6H,(H2,7,8)(H,9,10)(H,11,12);1-3H,4H2,(H,7,8);2H,1H2,(H2,6,7)(H,8,9);2-3H,1H2,(H,7,8);1H2,(H,8,9)(H2,5,6,7);2-3H2,(H,6,7);2H,1H2,(H,8,9). The monoisotopic (exact) mass is 1320 g/mol. The smallest absolute Gasteiger partial charge is 0.343 e. The summed E-state index contributed by atoms with van der Waals surface area (Å²) in [5.41, 5.74) is 16.4. The van der Waals surface area contributed by atoms with Crippen molar-refractivity contribution in [3.05, 3.63) is 105 Å². The summed E-state index contributed by atoms with van der Waals surface area (Å²) in [5.74, 6) is -9.26. The number of tetrazole rings is 1. The van der Waals surface area contributed by atoms with Crippen LogP contribution in [0.15, 0.2) is 67.9 Å². The number of pyridine rings is 1. The van der Waals surface area contributed by atoms with Crippen LogP contribution in [0.1, 0.15) is 21.3 Å². The number of nitriles is 1. The largest absolute Gasteiger partial charge is 0.481 e. The van der Waals surface area contributed by atoms with E-state index in [1.54, 1.807) is 17.1 Å². The van der Waals surface area contributed by atoms with E-state index < -0.39 is 75.2 Å². The van der Waals surface area contributed by atoms with Crippen LogP contribution in [0, 0.1) is 11.3 Å². The molecule has 1 aliphatic rings. The molecule has 0 aromatic carbocycles. The Bertz CT molecular complexity index is 2980. The van der Waals surface area contributed by atoms with E-state index in [-0.39, 0.29) is 70.4 Å². The number of nitrogens with two attached hydrogens (primary N) is 3. The molecule has 7 heterocycles. The quantitative estimate of drug-likeness (QED) is 0.0254. The van der Waals surface area contributed by atoms with Crippen molar-refractivity contribution in [2.24, 2.45) is 5.73 Å². The fourth-order valence-corrected chi connectivity index (χ4v) is 9.42. The first-order valence-corrected chi connectivity index (χ1v) is 27.8. The molecule has 33 nitrogen and oxygen atoms in total. The van der Waals surface area contributed by atoms with Gasteiger partial charge in [0.05, 0.1) is 52.3 Å². The minimum absolute atomic E-state index is 0.0214. The van der Waals surface area contributed by atoms with Gasteiger partial charge >= 0.3 is 53.7 Å². The van der Waals surface area contributed by atoms with Crippen molar-refractivity contribution in [3.63, 3.8) is 0 Å². The molecule has 0 bridgehead atoms. The number of halogens is 2. The summed E-state index contributed by atoms with van der Waals surface area (Å²) in [7, 11) is 0. The van der Waals surface area contributed by atoms with Gasteiger partial charge in [-0.1, -0.05) is 52.8 Å². The number of amides is 1. The van der Waals surface area contributed by atoms with Gasteiger partial charge in [-0.2, -0.15) is 9.64 Å². The summed E-state index contributed by atoms with van der Waals surface area (Å²) in [5, 5.41) is 96.6. The van der Waals surface area contributed by atoms with Crippen LogP contribution in [-0.4, -0.2) is 166 Å². The average molecular weight is 1320 g/mol. The van der Waals surface area contributed by atoms with Gasteiger partial charge in [0, 0.05) is 45.3 Å². The van der Waals surface area contributed by atoms with E-state index in [0.29, 0.717) is 16.0 Å². The van der Waals surface area contributed by atoms with Crippen LogP contribution in [-0.2, 0) is 86.7 Å². The van der Waals surface area contributed by atoms with E-state index in [1.165, 1.54) is 57.3 Å². The van der Waals surface area contributed by atoms with E-state index in [2.05, 4.69) is 34.9 Å². The molecule has 1 aliphatic heterocycles. The molecule has 82 heavy (non-hydrogen) atoms. The highest BCUT2D eigenvalue weighted by Crippen LogP contribution is 2.52. The first kappa shape index (κ1) is 73.7. The highest BCUT2D eigenvalue weighted by Gasteiger charge is 2.37. The lowest BCUT2D eigenvalue weighted by molar-refractivity contribution is -0.138. The Hall–Kier alpha value is -8.30. The third-order valence-electron chi connectivity index (χ3n) is 7.09. The second-order valence-electron chi connectivity index (χ2n) is 13.6. The molecule has 1 amide bonds. The molecule has 442 valence electrons. The number of nitrogen functional groups attached to an aromatic ring is 2. The van der Waals surface area contributed by atoms with E-state index in [1.807, 2.05) is 23.6 Å². The highest BCUT2D eigenvalue weighted by molar-refractivity contribution is 8.39. The maximum Gasteiger partial charge on any atom is 0.343 e. The van der Waals surface area contributed by atoms with Crippen LogP contribution < -0.4 is 22.6 Å². The zero-order valence-electron chi connectivity index (χ0n) is 40.8. The average Bonchev–Trinajstić information content (AvgIpc) is 4.22. The number of carbonyl (C=O) groups is 10. The van der Waals surface area contributed by atoms with Crippen LogP contribution in [0.25, 0.3) is 0 Å². The number of hydrogen-bond acceptors (Lipinski definition) is 28. The Labute approximate surface area is 496 Å². The molecule has 1 fully saturated rings. The third-order valence-corrected chi connectivity index (χ3v) is 14.2. The number of hydrogen-bond donors (Lipinski definition) is 12. The maximum absolute atomic E-state index is 11.0. The number of carboxylic acid groups (broad SMARTS) is 9. The normalized spacial score (nSPS) is 11.1. The number of thioether (sulfide) groups is 3. The molecule has 15 N–H and O–H groups in total. The first-order valence-electron chi connectivity index (χ1n) is 20.7. The van der Waals surface area contributed by atoms with Crippen molar-refractivity contribution in [1.29, 1.82) is 5.26 Å². The maximum atomic E-state index is 11.0. The summed E-state index contributed by atoms with van der Waals surface area (Å²) < 4.78 is 5.44. The molecule has 6 aromatic rings. The Morgan fingerprint density at radius 3 is 1.71 bits per heavy atom. The van der Waals surface area contributed by atoms with Gasteiger partial charge < -0.3 is 67.7 Å². The van der Waals surface area contributed by atoms with E-state index in [0.717, 1.165) is 61.3 Å². The topological polar surface area (TPSA) is 572 Å². The molecular formula is C40H41Cl2N13O20S7. The lowest BCUT2D eigenvalue weighted by atomic mass is 10.3. The fourth-order valence-electron chi connectivity index (χ4n) is 4.17. The number of aliphatic carboxylic acids is 9. The molecule has 0 radical (unpaired) electrons. The van der Waals surface area contributed by atoms with Gasteiger partial charge in [0.2, 0.25) is 5.43 Å². The SMILES string of the molecule is N#CCSCC(=O)O.NC(=O)C(C(=O)O)=C1SC(C(=O)O)S1.Nc1nc(CC(=O)O)cs1.Nc1nc(CC(=O)O)ns1.O=C(O)Cc1cccs1.O=C(O)Cc1cncs1.O=C(O)Cn1cc(Cl)c(=O)c(Cl)c1.O=C(O)Cn1cnnn1. The molecule has 7 rings (SSSR count). The summed E-state index contributed by atoms with van der Waals surface area (Å²) in [6.07, 6.45) is 5.30. The molecule has 0 spiro atoms. The predicted molar refractivity (Wildman–Crippen MR) is 297 cm³/mol. The molecule has 0 unspecified atom stereocenters. The lowest BCUT2D eigenvalue weighted by Gasteiger charge is -2.24. The summed E-state index contributed by atoms with van der Waals surface area (Å²) >= 11 is 18.8. The number of carboxylic acids is 9. The zero-order chi connectivity index (χ0) is 62.5. The van der Waals surface area contributed by atoms with Crippen molar-refractivity contribution < 1.29 is 93.9 Å². The summed E-state index contributed by atoms with van der Waals surface area (Å²) in [6.45, 7) is -0.466. The van der Waals surface area contributed by atoms with Gasteiger partial charge in [-0.15, -0.1) is 50.9 Å². The number of anilines is 2. The highest BCUT2D eigenvalue weighted by atomic mass is 35.5. The molecule has 0 atom stereocenters. The van der Waals surface area contributed by atoms with Crippen LogP contribution in [0.3, 0.4) is 0 Å². The van der Waals surface area contributed by atoms with Gasteiger partial charge in [-0.05, 0) is 21.9 Å². The van der Waals surface area contributed by atoms with Crippen molar-refractivity contribution in [2.75, 3.05) is 23.0 Å². The second kappa shape index (κ2) is 40.8. The molecule has 6 aromatic heterocycles. The van der Waals surface area contributed by atoms with Crippen molar-refractivity contribution in [1.82, 2.24) is 44.1 Å². The van der Waals surface area contributed by atoms with Crippen molar-refractivity contribution in [2.45, 2.75) is 43.4 Å². The summed E-state index contributed by atoms with van der Waals surface area (Å²) in [6, 6.07) is 5.49. The Morgan fingerprint density at radius 2 is 1.32 bits per heavy atom. The molecule has 42 heteroatoms. The predicted octanol–water partition coefficient (Wildman–Crippen LogP) is 2.23. The van der Waals surface area contributed by atoms with Crippen LogP contribution >= 0.6 is 104 Å². The number of carbonyl (C=O) groups excluding carboxylic acids is 1. The van der Waals surface area contributed by atoms with Crippen LogP contribution in [0.5, 0.6) is 0 Å². The Morgan fingerprint density at radius 1 is 0.732 bits per heavy atom. The first-order chi connectivity index (χ1) is 38.4. The minimum atomic E-state index is -1.43. The van der Waals surface area contributed by atoms with Gasteiger partial charge in [0.1, 0.15) is 41.5 Å². The van der Waals surface area contributed by atoms with Crippen molar-refractivity contribution in [3.8, 4) is 6.07 Å². The fraction of sp³-hybridized carbons (Fsp3) is 0.225. The van der Waals surface area contributed by atoms with Crippen LogP contribution in [0.4, 0.5) is 10.3 Å². The lowest BCUT2D eigenvalue weighted by Crippen LogP contribution is -2.26. The van der Waals surface area contributed by atoms with Gasteiger partial charge in [0.15, 0.2) is 20.7 Å². The number of rotatable bonds is 18. The molecular weight excluding hydrogens is 1280 g/mol. The molecule has 1 saturated heterocycles. The number of nitrogens with zero attached hydrogens (tertiary/aromatic N) is 10. The third kappa shape index (κ3) is 36.1. The van der Waals surface area contributed by atoms with E-state index in [4.69, 9.17) is 91.6 Å². The number of aromatic nitrogens is 9. The Kier molecular flexibility index (Phi) is 36.7. The molecule has 0 saturated carbocycles. The van der Waals surface area contributed by atoms with Gasteiger partial charge in [-0.25, -0.2) is 19.4 Å². The second-order valence-corrected chi connectivity index (χ2v) is 21.9. The van der Waals surface area contributed by atoms with E-state index in [9.17, 15) is 52.7 Å². The van der Waals surface area contributed by atoms with Crippen molar-refractivity contribution >= 4 is 174 Å². The van der Waals surface area contributed by atoms with Crippen LogP contribution in [0.2, 0.25) is 10.0 Å². The van der Waals surface area contributed by atoms with Gasteiger partial charge in [0.25, 0.3) is 5.91 Å². The number of primary amides is 1. The van der Waals surface area contributed by atoms with Gasteiger partial charge in [-0.3, -0.25) is 52.9 Å². The zero-order valence-corrected chi connectivity index (χ0v) is 48.0. The minimum Gasteiger partial charge on any atom is -0.481 e. The molecule has 0 aliphatic carbocycles. The number of thiophene rings is 1. The number of thiazole rings is 2. The summed E-state index contributed by atoms with van der Waals surface area (Å²) in [4.78, 5) is 126.